The molecule has 3 N–H and O–H groups in total. The summed E-state index contributed by atoms with van der Waals surface area (Å²) < 4.78 is 15.1. The molecule has 0 bridgehead atoms. The number of aromatic nitrogens is 8. The minimum Gasteiger partial charge on any atom is -0.487 e. The number of hydrogen-bond donors (Lipinski definition) is 2. The van der Waals surface area contributed by atoms with E-state index in [0.717, 1.165) is 24.2 Å². The second-order valence-electron chi connectivity index (χ2n) is 9.52. The van der Waals surface area contributed by atoms with E-state index in [9.17, 15) is 0 Å². The fourth-order valence-electron chi connectivity index (χ4n) is 4.00. The van der Waals surface area contributed by atoms with Crippen LogP contribution in [0.15, 0.2) is 110 Å². The Morgan fingerprint density at radius 3 is 1.66 bits per heavy atom. The van der Waals surface area contributed by atoms with Gasteiger partial charge in [0, 0.05) is 36.9 Å². The molecule has 6 rings (SSSR count). The first-order chi connectivity index (χ1) is 21.6. The van der Waals surface area contributed by atoms with Gasteiger partial charge < -0.3 is 15.2 Å². The maximum atomic E-state index is 5.71. The van der Waals surface area contributed by atoms with Gasteiger partial charge in [-0.15, -0.1) is 10.2 Å². The number of hydrogen-bond acceptors (Lipinski definition) is 11. The van der Waals surface area contributed by atoms with Gasteiger partial charge in [-0.25, -0.2) is 5.48 Å². The molecule has 0 saturated carbocycles. The smallest absolute Gasteiger partial charge is 0.176 e. The zero-order valence-corrected chi connectivity index (χ0v) is 24.1. The highest BCUT2D eigenvalue weighted by molar-refractivity contribution is 5.36. The van der Waals surface area contributed by atoms with Crippen LogP contribution in [0.25, 0.3) is 0 Å². The highest BCUT2D eigenvalue weighted by Gasteiger charge is 2.02. The van der Waals surface area contributed by atoms with Crippen molar-refractivity contribution in [2.24, 2.45) is 0 Å². The molecule has 0 saturated heterocycles. The van der Waals surface area contributed by atoms with Gasteiger partial charge in [0.15, 0.2) is 5.82 Å². The van der Waals surface area contributed by atoms with Gasteiger partial charge in [-0.3, -0.25) is 14.2 Å². The van der Waals surface area contributed by atoms with Gasteiger partial charge >= 0.3 is 0 Å². The third-order valence-electron chi connectivity index (χ3n) is 6.15. The van der Waals surface area contributed by atoms with Crippen molar-refractivity contribution in [2.45, 2.75) is 26.3 Å². The Bertz CT molecular complexity index is 1680. The van der Waals surface area contributed by atoms with E-state index in [1.54, 1.807) is 36.9 Å². The molecule has 0 aliphatic rings. The first-order valence-corrected chi connectivity index (χ1v) is 13.7. The topological polar surface area (TPSA) is 153 Å². The number of ether oxygens (including phenoxy) is 2. The Morgan fingerprint density at radius 2 is 1.18 bits per heavy atom. The van der Waals surface area contributed by atoms with Crippen molar-refractivity contribution < 1.29 is 14.3 Å². The Balaban J connectivity index is 0.000000175. The predicted octanol–water partition coefficient (Wildman–Crippen LogP) is 4.16. The zero-order chi connectivity index (χ0) is 30.4. The summed E-state index contributed by atoms with van der Waals surface area (Å²) in [5.41, 5.74) is 12.7. The fraction of sp³-hybridized carbons (Fsp3) is 0.161. The summed E-state index contributed by atoms with van der Waals surface area (Å²) >= 11 is 0. The Hall–Kier alpha value is -5.82. The molecular weight excluding hydrogens is 560 g/mol. The molecule has 0 aliphatic heterocycles. The lowest BCUT2D eigenvalue weighted by molar-refractivity contribution is 0.267. The summed E-state index contributed by atoms with van der Waals surface area (Å²) in [5, 5.41) is 23.5. The normalized spacial score (nSPS) is 10.5. The van der Waals surface area contributed by atoms with Crippen LogP contribution in [0, 0.1) is 0 Å². The van der Waals surface area contributed by atoms with Crippen LogP contribution in [0.4, 0.5) is 11.6 Å². The Labute approximate surface area is 254 Å². The van der Waals surface area contributed by atoms with Crippen LogP contribution in [0.5, 0.6) is 11.5 Å². The fourth-order valence-corrected chi connectivity index (χ4v) is 4.00. The molecule has 6 aromatic rings. The van der Waals surface area contributed by atoms with Crippen molar-refractivity contribution in [3.8, 4) is 11.5 Å². The van der Waals surface area contributed by atoms with Crippen molar-refractivity contribution in [3.05, 3.63) is 132 Å². The molecule has 13 heteroatoms. The van der Waals surface area contributed by atoms with E-state index in [0.29, 0.717) is 36.3 Å². The monoisotopic (exact) mass is 592 g/mol. The number of rotatable bonds is 12. The van der Waals surface area contributed by atoms with Crippen molar-refractivity contribution in [3.63, 3.8) is 0 Å². The van der Waals surface area contributed by atoms with Crippen LogP contribution in [0.3, 0.4) is 0 Å². The maximum absolute atomic E-state index is 5.71. The lowest BCUT2D eigenvalue weighted by Gasteiger charge is -2.08. The van der Waals surface area contributed by atoms with Crippen LogP contribution >= 0.6 is 0 Å². The predicted molar refractivity (Wildman–Crippen MR) is 163 cm³/mol. The van der Waals surface area contributed by atoms with E-state index in [1.165, 1.54) is 18.2 Å². The lowest BCUT2D eigenvalue weighted by atomic mass is 10.1. The zero-order valence-electron chi connectivity index (χ0n) is 24.1. The number of anilines is 2. The van der Waals surface area contributed by atoms with E-state index in [-0.39, 0.29) is 0 Å². The lowest BCUT2D eigenvalue weighted by Crippen LogP contribution is -2.02. The molecule has 0 unspecified atom stereocenters. The second kappa shape index (κ2) is 15.4. The number of nitrogens with two attached hydrogens (primary N) is 1. The molecule has 44 heavy (non-hydrogen) atoms. The van der Waals surface area contributed by atoms with Crippen LogP contribution < -0.4 is 20.7 Å². The van der Waals surface area contributed by atoms with E-state index in [4.69, 9.17) is 20.0 Å². The average molecular weight is 593 g/mol. The first-order valence-electron chi connectivity index (χ1n) is 13.7. The van der Waals surface area contributed by atoms with Gasteiger partial charge in [0.2, 0.25) is 0 Å². The minimum absolute atomic E-state index is 0.349. The summed E-state index contributed by atoms with van der Waals surface area (Å²) in [6, 6.07) is 23.7. The molecule has 0 radical (unpaired) electrons. The SMILES string of the molecule is CONc1cc(OCc2ccc(Cn3cccn3)cc2)cnn1.Nc1cc(OCc2ccc(Cn3cccn3)cc2)cnn1. The van der Waals surface area contributed by atoms with Gasteiger partial charge in [0.1, 0.15) is 30.5 Å². The van der Waals surface area contributed by atoms with Gasteiger partial charge in [-0.1, -0.05) is 48.5 Å². The Kier molecular flexibility index (Phi) is 10.4. The molecule has 0 fully saturated rings. The molecule has 0 amide bonds. The third-order valence-corrected chi connectivity index (χ3v) is 6.15. The number of benzene rings is 2. The van der Waals surface area contributed by atoms with Crippen molar-refractivity contribution in [1.82, 2.24) is 40.0 Å². The average Bonchev–Trinajstić information content (AvgIpc) is 3.76. The summed E-state index contributed by atoms with van der Waals surface area (Å²) in [4.78, 5) is 4.79. The molecule has 224 valence electrons. The largest absolute Gasteiger partial charge is 0.487 e. The van der Waals surface area contributed by atoms with Gasteiger partial charge in [0.05, 0.1) is 32.6 Å². The van der Waals surface area contributed by atoms with Crippen LogP contribution in [0.1, 0.15) is 22.3 Å². The Morgan fingerprint density at radius 1 is 0.682 bits per heavy atom. The van der Waals surface area contributed by atoms with Crippen LogP contribution in [0.2, 0.25) is 0 Å². The van der Waals surface area contributed by atoms with Crippen LogP contribution in [-0.2, 0) is 31.1 Å². The summed E-state index contributed by atoms with van der Waals surface area (Å²) in [6.07, 6.45) is 10.5. The number of nitrogens with one attached hydrogen (secondary N) is 1. The van der Waals surface area contributed by atoms with Gasteiger partial charge in [-0.05, 0) is 34.4 Å². The van der Waals surface area contributed by atoms with Gasteiger partial charge in [-0.2, -0.15) is 20.4 Å². The molecule has 2 aromatic carbocycles. The summed E-state index contributed by atoms with van der Waals surface area (Å²) in [7, 11) is 1.51. The quantitative estimate of drug-likeness (QED) is 0.197. The van der Waals surface area contributed by atoms with E-state index in [1.807, 2.05) is 58.2 Å². The first kappa shape index (κ1) is 29.7. The second-order valence-corrected chi connectivity index (χ2v) is 9.52. The van der Waals surface area contributed by atoms with E-state index in [2.05, 4.69) is 60.3 Å². The summed E-state index contributed by atoms with van der Waals surface area (Å²) in [6.45, 7) is 2.45. The highest BCUT2D eigenvalue weighted by Crippen LogP contribution is 2.16. The molecule has 4 heterocycles. The van der Waals surface area contributed by atoms with Crippen molar-refractivity contribution >= 4 is 11.6 Å². The minimum atomic E-state index is 0.349. The standard InChI is InChI=1S/C16H17N5O2.C15H15N5O/c1-22-20-16-9-15(10-17-19-16)23-12-14-5-3-13(4-6-14)11-21-8-2-7-18-21;16-15-8-14(9-17-19-15)21-11-13-4-2-12(3-5-13)10-20-7-1-6-18-20/h2-10H,11-12H2,1H3,(H,19,20);1-9H,10-11H2,(H2,16,19). The van der Waals surface area contributed by atoms with E-state index < -0.39 is 0 Å². The number of nitrogen functional groups attached to an aromatic ring is 1. The van der Waals surface area contributed by atoms with Crippen LogP contribution in [-0.4, -0.2) is 47.1 Å². The molecule has 13 nitrogen and oxygen atoms in total. The summed E-state index contributed by atoms with van der Waals surface area (Å²) in [5.74, 6) is 2.09. The third kappa shape index (κ3) is 9.36. The van der Waals surface area contributed by atoms with E-state index >= 15 is 0 Å². The van der Waals surface area contributed by atoms with Crippen molar-refractivity contribution in [1.29, 1.82) is 0 Å². The molecule has 4 aromatic heterocycles. The molecule has 0 aliphatic carbocycles. The van der Waals surface area contributed by atoms with Crippen molar-refractivity contribution in [2.75, 3.05) is 18.3 Å². The molecule has 0 atom stereocenters. The molecular formula is C31H32N10O3. The maximum Gasteiger partial charge on any atom is 0.176 e. The number of nitrogens with zero attached hydrogens (tertiary/aromatic N) is 8. The highest BCUT2D eigenvalue weighted by atomic mass is 16.6. The molecule has 0 spiro atoms. The van der Waals surface area contributed by atoms with Gasteiger partial charge in [0.25, 0.3) is 0 Å².